The van der Waals surface area contributed by atoms with Crippen molar-refractivity contribution in [3.05, 3.63) is 119 Å². The third-order valence-corrected chi connectivity index (χ3v) is 7.97. The first-order valence-electron chi connectivity index (χ1n) is 13.8. The first-order valence-corrected chi connectivity index (χ1v) is 14.7. The number of amidine groups is 1. The van der Waals surface area contributed by atoms with Gasteiger partial charge >= 0.3 is 12.3 Å². The van der Waals surface area contributed by atoms with E-state index in [-0.39, 0.29) is 24.0 Å². The van der Waals surface area contributed by atoms with Crippen LogP contribution < -0.4 is 10.6 Å². The topological polar surface area (TPSA) is 113 Å². The van der Waals surface area contributed by atoms with Crippen LogP contribution in [0.3, 0.4) is 0 Å². The second-order valence-corrected chi connectivity index (χ2v) is 11.2. The number of thioether (sulfide) groups is 1. The molecule has 2 atom stereocenters. The van der Waals surface area contributed by atoms with Gasteiger partial charge in [-0.1, -0.05) is 54.2 Å². The Morgan fingerprint density at radius 1 is 1.04 bits per heavy atom. The van der Waals surface area contributed by atoms with Crippen molar-refractivity contribution in [2.24, 2.45) is 4.99 Å². The van der Waals surface area contributed by atoms with Crippen molar-refractivity contribution in [3.63, 3.8) is 0 Å². The Morgan fingerprint density at radius 3 is 2.46 bits per heavy atom. The largest absolute Gasteiger partial charge is 0.467 e. The molecule has 46 heavy (non-hydrogen) atoms. The summed E-state index contributed by atoms with van der Waals surface area (Å²) in [7, 11) is 0. The molecule has 1 aromatic heterocycles. The number of rotatable bonds is 9. The Labute approximate surface area is 264 Å². The Kier molecular flexibility index (Phi) is 9.75. The maximum Gasteiger partial charge on any atom is 0.419 e. The third kappa shape index (κ3) is 7.93. The summed E-state index contributed by atoms with van der Waals surface area (Å²) in [5.74, 6) is -1.92. The monoisotopic (exact) mass is 654 g/mol. The van der Waals surface area contributed by atoms with Crippen molar-refractivity contribution >= 4 is 46.2 Å². The highest BCUT2D eigenvalue weighted by molar-refractivity contribution is 8.15. The van der Waals surface area contributed by atoms with Gasteiger partial charge in [0, 0.05) is 5.69 Å². The van der Waals surface area contributed by atoms with Crippen LogP contribution >= 0.6 is 11.8 Å². The van der Waals surface area contributed by atoms with E-state index in [1.54, 1.807) is 48.5 Å². The smallest absolute Gasteiger partial charge is 0.419 e. The predicted octanol–water partition coefficient (Wildman–Crippen LogP) is 7.20. The molecular weight excluding hydrogens is 628 g/mol. The normalized spacial score (nSPS) is 16.4. The fourth-order valence-electron chi connectivity index (χ4n) is 4.37. The lowest BCUT2D eigenvalue weighted by Crippen LogP contribution is -2.41. The van der Waals surface area contributed by atoms with E-state index in [1.165, 1.54) is 18.1 Å². The summed E-state index contributed by atoms with van der Waals surface area (Å²) < 4.78 is 64.3. The number of benzene rings is 3. The Hall–Kier alpha value is -5.11. The third-order valence-electron chi connectivity index (χ3n) is 6.74. The number of halogens is 4. The number of hydrogen-bond donors (Lipinski definition) is 2. The standard InChI is InChI=1S/C32H26F4N4O5S/c1-19(37-31(43)45-18-20-6-3-2-4-7-20)28(41)38-22-11-9-21(10-12-22)27-29(42)40(17-24-8-5-15-44-24)30(46-27)39-23-13-14-26(33)25(16-23)32(34,35)36/h2-16,19,27H,17-18H2,1H3,(H,37,43)(H,38,41)/b39-30-/t19-,27?/m0/s1. The minimum absolute atomic E-state index is 0.0334. The fourth-order valence-corrected chi connectivity index (χ4v) is 5.54. The molecule has 1 aliphatic heterocycles. The number of alkyl carbamates (subject to hydrolysis) is 1. The molecule has 3 amide bonds. The maximum absolute atomic E-state index is 13.9. The number of alkyl halides is 3. The number of nitrogens with zero attached hydrogens (tertiary/aromatic N) is 2. The van der Waals surface area contributed by atoms with Crippen LogP contribution in [0.15, 0.2) is 101 Å². The number of aliphatic imine (C=N–C) groups is 1. The quantitative estimate of drug-likeness (QED) is 0.185. The highest BCUT2D eigenvalue weighted by Crippen LogP contribution is 2.42. The lowest BCUT2D eigenvalue weighted by Gasteiger charge is -2.16. The molecule has 238 valence electrons. The summed E-state index contributed by atoms with van der Waals surface area (Å²) in [6.07, 6.45) is -4.26. The minimum atomic E-state index is -4.92. The summed E-state index contributed by atoms with van der Waals surface area (Å²) in [4.78, 5) is 43.9. The van der Waals surface area contributed by atoms with Crippen LogP contribution in [0.1, 0.15) is 34.6 Å². The highest BCUT2D eigenvalue weighted by atomic mass is 32.2. The number of amides is 3. The number of furan rings is 1. The minimum Gasteiger partial charge on any atom is -0.467 e. The van der Waals surface area contributed by atoms with E-state index in [0.29, 0.717) is 29.1 Å². The maximum atomic E-state index is 13.9. The average Bonchev–Trinajstić information content (AvgIpc) is 3.65. The lowest BCUT2D eigenvalue weighted by atomic mass is 10.1. The molecule has 5 rings (SSSR count). The van der Waals surface area contributed by atoms with E-state index >= 15 is 0 Å². The summed E-state index contributed by atoms with van der Waals surface area (Å²) in [5, 5.41) is 4.43. The van der Waals surface area contributed by atoms with Gasteiger partial charge in [-0.05, 0) is 60.5 Å². The molecule has 2 N–H and O–H groups in total. The summed E-state index contributed by atoms with van der Waals surface area (Å²) in [6.45, 7) is 1.51. The molecular formula is C32H26F4N4O5S. The van der Waals surface area contributed by atoms with Gasteiger partial charge in [-0.2, -0.15) is 13.2 Å². The number of carbonyl (C=O) groups is 3. The van der Waals surface area contributed by atoms with Crippen molar-refractivity contribution in [2.45, 2.75) is 37.5 Å². The van der Waals surface area contributed by atoms with Crippen LogP contribution in [0.25, 0.3) is 0 Å². The number of nitrogens with one attached hydrogen (secondary N) is 2. The molecule has 1 saturated heterocycles. The highest BCUT2D eigenvalue weighted by Gasteiger charge is 2.40. The van der Waals surface area contributed by atoms with Crippen LogP contribution in [0.5, 0.6) is 0 Å². The summed E-state index contributed by atoms with van der Waals surface area (Å²) >= 11 is 1.01. The van der Waals surface area contributed by atoms with Gasteiger partial charge < -0.3 is 19.8 Å². The molecule has 0 spiro atoms. The van der Waals surface area contributed by atoms with Crippen molar-refractivity contribution in [1.29, 1.82) is 0 Å². The first-order chi connectivity index (χ1) is 22.0. The zero-order chi connectivity index (χ0) is 32.8. The van der Waals surface area contributed by atoms with Gasteiger partial charge in [-0.15, -0.1) is 0 Å². The van der Waals surface area contributed by atoms with Gasteiger partial charge in [0.25, 0.3) is 0 Å². The van der Waals surface area contributed by atoms with Crippen molar-refractivity contribution in [1.82, 2.24) is 10.2 Å². The molecule has 1 fully saturated rings. The van der Waals surface area contributed by atoms with E-state index < -0.39 is 46.8 Å². The number of ether oxygens (including phenoxy) is 1. The van der Waals surface area contributed by atoms with Crippen molar-refractivity contribution < 1.29 is 41.1 Å². The van der Waals surface area contributed by atoms with Crippen molar-refractivity contribution in [2.75, 3.05) is 5.32 Å². The molecule has 9 nitrogen and oxygen atoms in total. The van der Waals surface area contributed by atoms with Gasteiger partial charge in [0.1, 0.15) is 29.5 Å². The molecule has 2 heterocycles. The molecule has 0 radical (unpaired) electrons. The van der Waals surface area contributed by atoms with Gasteiger partial charge in [-0.3, -0.25) is 14.5 Å². The molecule has 1 unspecified atom stereocenters. The van der Waals surface area contributed by atoms with Crippen molar-refractivity contribution in [3.8, 4) is 0 Å². The second kappa shape index (κ2) is 13.9. The molecule has 4 aromatic rings. The molecule has 0 aliphatic carbocycles. The van der Waals surface area contributed by atoms with Gasteiger partial charge in [0.15, 0.2) is 5.17 Å². The van der Waals surface area contributed by atoms with E-state index in [1.807, 2.05) is 18.2 Å². The lowest BCUT2D eigenvalue weighted by molar-refractivity contribution is -0.140. The van der Waals surface area contributed by atoms with Crippen LogP contribution in [-0.4, -0.2) is 34.0 Å². The molecule has 0 bridgehead atoms. The molecule has 3 aromatic carbocycles. The first kappa shape index (κ1) is 32.3. The molecule has 0 saturated carbocycles. The van der Waals surface area contributed by atoms with Gasteiger partial charge in [0.05, 0.1) is 24.1 Å². The van der Waals surface area contributed by atoms with Gasteiger partial charge in [-0.25, -0.2) is 14.2 Å². The number of carbonyl (C=O) groups excluding carboxylic acids is 3. The van der Waals surface area contributed by atoms with Crippen LogP contribution in [0.2, 0.25) is 0 Å². The SMILES string of the molecule is C[C@H](NC(=O)OCc1ccccc1)C(=O)Nc1ccc(C2S/C(=N\c3ccc(F)c(C(F)(F)F)c3)N(Cc3ccco3)C2=O)cc1. The van der Waals surface area contributed by atoms with Crippen LogP contribution in [0, 0.1) is 5.82 Å². The Bertz CT molecular complexity index is 1730. The zero-order valence-electron chi connectivity index (χ0n) is 24.1. The van der Waals surface area contributed by atoms with E-state index in [0.717, 1.165) is 23.4 Å². The van der Waals surface area contributed by atoms with Crippen LogP contribution in [-0.2, 0) is 33.7 Å². The Balaban J connectivity index is 1.26. The average molecular weight is 655 g/mol. The van der Waals surface area contributed by atoms with E-state index in [4.69, 9.17) is 9.15 Å². The fraction of sp³-hybridized carbons (Fsp3) is 0.188. The summed E-state index contributed by atoms with van der Waals surface area (Å²) in [5.41, 5.74) is 0.0707. The Morgan fingerprint density at radius 2 is 1.78 bits per heavy atom. The number of hydrogen-bond acceptors (Lipinski definition) is 7. The van der Waals surface area contributed by atoms with Gasteiger partial charge in [0.2, 0.25) is 11.8 Å². The molecule has 1 aliphatic rings. The van der Waals surface area contributed by atoms with E-state index in [2.05, 4.69) is 15.6 Å². The zero-order valence-corrected chi connectivity index (χ0v) is 24.9. The second-order valence-electron chi connectivity index (χ2n) is 10.1. The predicted molar refractivity (Wildman–Crippen MR) is 162 cm³/mol. The molecule has 14 heteroatoms. The van der Waals surface area contributed by atoms with Crippen LogP contribution in [0.4, 0.5) is 33.7 Å². The summed E-state index contributed by atoms with van der Waals surface area (Å²) in [6, 6.07) is 20.1. The number of anilines is 1. The van der Waals surface area contributed by atoms with E-state index in [9.17, 15) is 31.9 Å².